The molecule has 2 amide bonds. The number of nitrogens with one attached hydrogen (secondary N) is 1. The van der Waals surface area contributed by atoms with Gasteiger partial charge in [0, 0.05) is 31.5 Å². The van der Waals surface area contributed by atoms with Gasteiger partial charge in [0.15, 0.2) is 0 Å². The van der Waals surface area contributed by atoms with E-state index < -0.39 is 0 Å². The zero-order valence-corrected chi connectivity index (χ0v) is 13.2. The van der Waals surface area contributed by atoms with E-state index in [1.165, 1.54) is 0 Å². The smallest absolute Gasteiger partial charge is 0.223 e. The molecule has 1 N–H and O–H groups in total. The van der Waals surface area contributed by atoms with Crippen molar-refractivity contribution in [2.24, 2.45) is 17.3 Å². The normalized spacial score (nSPS) is 25.6. The van der Waals surface area contributed by atoms with Gasteiger partial charge in [-0.05, 0) is 30.6 Å². The van der Waals surface area contributed by atoms with Crippen LogP contribution in [0.4, 0.5) is 0 Å². The third kappa shape index (κ3) is 3.74. The van der Waals surface area contributed by atoms with E-state index >= 15 is 0 Å². The predicted octanol–water partition coefficient (Wildman–Crippen LogP) is 2.19. The first-order valence-electron chi connectivity index (χ1n) is 7.88. The molecular weight excluding hydrogens is 252 g/mol. The summed E-state index contributed by atoms with van der Waals surface area (Å²) in [5, 5.41) is 3.16. The Balaban J connectivity index is 1.72. The van der Waals surface area contributed by atoms with Crippen LogP contribution < -0.4 is 5.32 Å². The number of carbonyl (C=O) groups excluding carboxylic acids is 2. The van der Waals surface area contributed by atoms with Crippen molar-refractivity contribution in [1.29, 1.82) is 0 Å². The molecule has 0 aromatic heterocycles. The van der Waals surface area contributed by atoms with Crippen molar-refractivity contribution < 1.29 is 9.59 Å². The van der Waals surface area contributed by atoms with Gasteiger partial charge in [0.05, 0.1) is 0 Å². The average Bonchev–Trinajstić information content (AvgIpc) is 2.98. The number of hydrogen-bond donors (Lipinski definition) is 1. The molecule has 4 heteroatoms. The molecule has 0 radical (unpaired) electrons. The van der Waals surface area contributed by atoms with E-state index in [1.807, 2.05) is 4.90 Å². The molecule has 1 saturated heterocycles. The van der Waals surface area contributed by atoms with Crippen LogP contribution in [0.5, 0.6) is 0 Å². The number of piperidine rings is 1. The minimum absolute atomic E-state index is 0.192. The zero-order valence-electron chi connectivity index (χ0n) is 13.2. The van der Waals surface area contributed by atoms with Crippen LogP contribution in [-0.4, -0.2) is 35.8 Å². The van der Waals surface area contributed by atoms with Crippen molar-refractivity contribution in [2.75, 3.05) is 13.1 Å². The first-order chi connectivity index (χ1) is 9.29. The molecule has 2 rings (SSSR count). The summed E-state index contributed by atoms with van der Waals surface area (Å²) in [6, 6.07) is 0.252. The third-order valence-corrected chi connectivity index (χ3v) is 4.61. The maximum Gasteiger partial charge on any atom is 0.223 e. The van der Waals surface area contributed by atoms with Gasteiger partial charge in [0.2, 0.25) is 11.8 Å². The highest BCUT2D eigenvalue weighted by Gasteiger charge is 2.50. The van der Waals surface area contributed by atoms with Crippen molar-refractivity contribution in [1.82, 2.24) is 10.2 Å². The molecule has 0 aromatic carbocycles. The van der Waals surface area contributed by atoms with Gasteiger partial charge in [-0.15, -0.1) is 0 Å². The van der Waals surface area contributed by atoms with Crippen molar-refractivity contribution in [3.63, 3.8) is 0 Å². The van der Waals surface area contributed by atoms with Crippen LogP contribution >= 0.6 is 0 Å². The fourth-order valence-electron chi connectivity index (χ4n) is 2.97. The Hall–Kier alpha value is -1.06. The summed E-state index contributed by atoms with van der Waals surface area (Å²) in [7, 11) is 0. The third-order valence-electron chi connectivity index (χ3n) is 4.61. The fraction of sp³-hybridized carbons (Fsp3) is 0.875. The lowest BCUT2D eigenvalue weighted by molar-refractivity contribution is -0.133. The molecule has 2 aliphatic rings. The zero-order chi connectivity index (χ0) is 14.9. The SMILES string of the molecule is CC(C)CC(=O)N1CCC(NC(=O)[C@H]2CC2(C)C)CC1. The van der Waals surface area contributed by atoms with Gasteiger partial charge < -0.3 is 10.2 Å². The molecule has 20 heavy (non-hydrogen) atoms. The summed E-state index contributed by atoms with van der Waals surface area (Å²) in [6.45, 7) is 9.99. The quantitative estimate of drug-likeness (QED) is 0.858. The minimum atomic E-state index is 0.192. The Bertz CT molecular complexity index is 382. The van der Waals surface area contributed by atoms with Crippen LogP contribution in [0.3, 0.4) is 0 Å². The van der Waals surface area contributed by atoms with Gasteiger partial charge in [-0.25, -0.2) is 0 Å². The minimum Gasteiger partial charge on any atom is -0.353 e. The average molecular weight is 280 g/mol. The van der Waals surface area contributed by atoms with E-state index in [2.05, 4.69) is 33.0 Å². The number of hydrogen-bond acceptors (Lipinski definition) is 2. The topological polar surface area (TPSA) is 49.4 Å². The molecule has 1 aliphatic carbocycles. The highest BCUT2D eigenvalue weighted by atomic mass is 16.2. The molecule has 0 aromatic rings. The van der Waals surface area contributed by atoms with Gasteiger partial charge in [-0.2, -0.15) is 0 Å². The molecule has 0 unspecified atom stereocenters. The predicted molar refractivity (Wildman–Crippen MR) is 79.1 cm³/mol. The Labute approximate surface area is 122 Å². The van der Waals surface area contributed by atoms with Crippen LogP contribution in [0.1, 0.15) is 53.4 Å². The maximum absolute atomic E-state index is 12.1. The maximum atomic E-state index is 12.1. The second-order valence-corrected chi connectivity index (χ2v) is 7.51. The summed E-state index contributed by atoms with van der Waals surface area (Å²) < 4.78 is 0. The molecule has 1 aliphatic heterocycles. The van der Waals surface area contributed by atoms with Gasteiger partial charge in [0.25, 0.3) is 0 Å². The van der Waals surface area contributed by atoms with Crippen LogP contribution in [0.2, 0.25) is 0 Å². The van der Waals surface area contributed by atoms with Crippen LogP contribution in [0.25, 0.3) is 0 Å². The van der Waals surface area contributed by atoms with Crippen molar-refractivity contribution in [3.8, 4) is 0 Å². The van der Waals surface area contributed by atoms with Gasteiger partial charge in [-0.3, -0.25) is 9.59 Å². The second kappa shape index (κ2) is 5.74. The first-order valence-corrected chi connectivity index (χ1v) is 7.88. The van der Waals surface area contributed by atoms with Gasteiger partial charge in [-0.1, -0.05) is 27.7 Å². The van der Waals surface area contributed by atoms with E-state index in [0.29, 0.717) is 12.3 Å². The molecular formula is C16H28N2O2. The lowest BCUT2D eigenvalue weighted by Gasteiger charge is -2.33. The van der Waals surface area contributed by atoms with Crippen molar-refractivity contribution in [2.45, 2.75) is 59.4 Å². The van der Waals surface area contributed by atoms with Crippen molar-refractivity contribution in [3.05, 3.63) is 0 Å². The van der Waals surface area contributed by atoms with Crippen molar-refractivity contribution >= 4 is 11.8 Å². The van der Waals surface area contributed by atoms with E-state index in [1.54, 1.807) is 0 Å². The standard InChI is InChI=1S/C16H28N2O2/c1-11(2)9-14(19)18-7-5-12(6-8-18)17-15(20)13-10-16(13,3)4/h11-13H,5-10H2,1-4H3,(H,17,20)/t13-/m1/s1. The Morgan fingerprint density at radius 2 is 1.80 bits per heavy atom. The molecule has 2 fully saturated rings. The Morgan fingerprint density at radius 1 is 1.25 bits per heavy atom. The highest BCUT2D eigenvalue weighted by molar-refractivity contribution is 5.82. The summed E-state index contributed by atoms with van der Waals surface area (Å²) in [4.78, 5) is 26.0. The van der Waals surface area contributed by atoms with E-state index in [-0.39, 0.29) is 29.2 Å². The molecule has 114 valence electrons. The number of carbonyl (C=O) groups is 2. The number of rotatable bonds is 4. The largest absolute Gasteiger partial charge is 0.353 e. The molecule has 0 bridgehead atoms. The summed E-state index contributed by atoms with van der Waals surface area (Å²) >= 11 is 0. The first kappa shape index (κ1) is 15.3. The molecule has 4 nitrogen and oxygen atoms in total. The molecule has 1 saturated carbocycles. The second-order valence-electron chi connectivity index (χ2n) is 7.51. The number of amides is 2. The van der Waals surface area contributed by atoms with Crippen LogP contribution in [0, 0.1) is 17.3 Å². The van der Waals surface area contributed by atoms with Crippen LogP contribution in [-0.2, 0) is 9.59 Å². The van der Waals surface area contributed by atoms with Crippen LogP contribution in [0.15, 0.2) is 0 Å². The summed E-state index contributed by atoms with van der Waals surface area (Å²) in [5.74, 6) is 1.08. The molecule has 1 heterocycles. The van der Waals surface area contributed by atoms with E-state index in [9.17, 15) is 9.59 Å². The Morgan fingerprint density at radius 3 is 2.25 bits per heavy atom. The highest BCUT2D eigenvalue weighted by Crippen LogP contribution is 2.51. The fourth-order valence-corrected chi connectivity index (χ4v) is 2.97. The summed E-state index contributed by atoms with van der Waals surface area (Å²) in [5.41, 5.74) is 0.192. The Kier molecular flexibility index (Phi) is 4.40. The number of likely N-dealkylation sites (tertiary alicyclic amines) is 1. The molecule has 0 spiro atoms. The van der Waals surface area contributed by atoms with E-state index in [0.717, 1.165) is 32.4 Å². The van der Waals surface area contributed by atoms with Gasteiger partial charge >= 0.3 is 0 Å². The monoisotopic (exact) mass is 280 g/mol. The molecule has 1 atom stereocenters. The lowest BCUT2D eigenvalue weighted by Crippen LogP contribution is -2.47. The van der Waals surface area contributed by atoms with E-state index in [4.69, 9.17) is 0 Å². The summed E-state index contributed by atoms with van der Waals surface area (Å²) in [6.07, 6.45) is 3.42. The lowest BCUT2D eigenvalue weighted by atomic mass is 10.0. The number of nitrogens with zero attached hydrogens (tertiary/aromatic N) is 1. The van der Waals surface area contributed by atoms with Gasteiger partial charge in [0.1, 0.15) is 0 Å².